The normalized spacial score (nSPS) is 20.8. The Labute approximate surface area is 224 Å². The summed E-state index contributed by atoms with van der Waals surface area (Å²) < 4.78 is 38.8. The minimum Gasteiger partial charge on any atom is -0.444 e. The minimum absolute atomic E-state index is 0.000310. The fourth-order valence-electron chi connectivity index (χ4n) is 5.36. The number of carbonyl (C=O) groups is 2. The summed E-state index contributed by atoms with van der Waals surface area (Å²) in [6.07, 6.45) is 5.86. The van der Waals surface area contributed by atoms with E-state index in [4.69, 9.17) is 9.15 Å². The van der Waals surface area contributed by atoms with E-state index < -0.39 is 27.8 Å². The molecule has 208 valence electrons. The van der Waals surface area contributed by atoms with E-state index in [1.807, 2.05) is 20.8 Å². The standard InChI is InChI=1S/C27H38N4O6S/c1-17-18(2)36-25(28-17)30-38(34,35)21-13-11-20(12-14-21)29-24(32)23-22(19-9-7-6-8-10-19)15-16-31(23)26(33)37-27(3,4)5/h11-14,19,22-23H,6-10,15-16H2,1-5H3,(H,28,30)(H,29,32)/t22-,23-/m0/s1. The molecule has 1 aromatic heterocycles. The van der Waals surface area contributed by atoms with Gasteiger partial charge in [-0.2, -0.15) is 4.98 Å². The predicted octanol–water partition coefficient (Wildman–Crippen LogP) is 5.24. The molecule has 0 unspecified atom stereocenters. The predicted molar refractivity (Wildman–Crippen MR) is 143 cm³/mol. The number of nitrogens with zero attached hydrogens (tertiary/aromatic N) is 2. The molecule has 1 aliphatic carbocycles. The molecule has 2 heterocycles. The third-order valence-corrected chi connectivity index (χ3v) is 8.62. The Morgan fingerprint density at radius 2 is 1.71 bits per heavy atom. The van der Waals surface area contributed by atoms with Gasteiger partial charge in [0.15, 0.2) is 0 Å². The highest BCUT2D eigenvalue weighted by Gasteiger charge is 2.46. The van der Waals surface area contributed by atoms with Crippen LogP contribution in [0.1, 0.15) is 70.8 Å². The summed E-state index contributed by atoms with van der Waals surface area (Å²) in [5.74, 6) is 0.676. The Balaban J connectivity index is 1.50. The van der Waals surface area contributed by atoms with Crippen LogP contribution in [0.5, 0.6) is 0 Å². The van der Waals surface area contributed by atoms with Gasteiger partial charge in [0.2, 0.25) is 5.91 Å². The van der Waals surface area contributed by atoms with Gasteiger partial charge >= 0.3 is 12.1 Å². The van der Waals surface area contributed by atoms with Crippen molar-refractivity contribution in [3.05, 3.63) is 35.7 Å². The van der Waals surface area contributed by atoms with Crippen LogP contribution in [-0.2, 0) is 19.6 Å². The molecule has 4 rings (SSSR count). The summed E-state index contributed by atoms with van der Waals surface area (Å²) in [5.41, 5.74) is 0.369. The quantitative estimate of drug-likeness (QED) is 0.507. The first-order chi connectivity index (χ1) is 17.8. The van der Waals surface area contributed by atoms with Gasteiger partial charge in [0.05, 0.1) is 10.6 Å². The van der Waals surface area contributed by atoms with Crippen molar-refractivity contribution in [1.29, 1.82) is 0 Å². The lowest BCUT2D eigenvalue weighted by molar-refractivity contribution is -0.122. The van der Waals surface area contributed by atoms with Crippen LogP contribution >= 0.6 is 0 Å². The molecule has 1 saturated heterocycles. The Kier molecular flexibility index (Phi) is 8.06. The van der Waals surface area contributed by atoms with Gasteiger partial charge in [-0.3, -0.25) is 9.69 Å². The lowest BCUT2D eigenvalue weighted by Gasteiger charge is -2.34. The van der Waals surface area contributed by atoms with E-state index in [-0.39, 0.29) is 22.7 Å². The monoisotopic (exact) mass is 546 g/mol. The van der Waals surface area contributed by atoms with Gasteiger partial charge in [0.25, 0.3) is 10.0 Å². The van der Waals surface area contributed by atoms with Crippen LogP contribution in [0, 0.1) is 25.7 Å². The second kappa shape index (κ2) is 11.0. The molecule has 2 amide bonds. The van der Waals surface area contributed by atoms with Crippen molar-refractivity contribution >= 4 is 33.7 Å². The lowest BCUT2D eigenvalue weighted by atomic mass is 9.76. The van der Waals surface area contributed by atoms with Crippen LogP contribution in [0.25, 0.3) is 0 Å². The molecule has 0 radical (unpaired) electrons. The zero-order valence-electron chi connectivity index (χ0n) is 22.7. The van der Waals surface area contributed by atoms with Gasteiger partial charge in [0, 0.05) is 12.2 Å². The smallest absolute Gasteiger partial charge is 0.410 e. The maximum absolute atomic E-state index is 13.6. The molecule has 10 nitrogen and oxygen atoms in total. The molecule has 2 fully saturated rings. The molecule has 1 saturated carbocycles. The van der Waals surface area contributed by atoms with Crippen molar-refractivity contribution in [1.82, 2.24) is 9.88 Å². The SMILES string of the molecule is Cc1nc(NS(=O)(=O)c2ccc(NC(=O)[C@@H]3[C@H](C4CCCCC4)CCN3C(=O)OC(C)(C)C)cc2)oc1C. The summed E-state index contributed by atoms with van der Waals surface area (Å²) in [6.45, 7) is 9.32. The van der Waals surface area contributed by atoms with Crippen molar-refractivity contribution in [2.24, 2.45) is 11.8 Å². The van der Waals surface area contributed by atoms with Crippen molar-refractivity contribution in [3.63, 3.8) is 0 Å². The number of hydrogen-bond acceptors (Lipinski definition) is 7. The number of rotatable bonds is 6. The molecule has 38 heavy (non-hydrogen) atoms. The zero-order chi connectivity index (χ0) is 27.7. The molecule has 0 bridgehead atoms. The van der Waals surface area contributed by atoms with Crippen LogP contribution < -0.4 is 10.0 Å². The fraction of sp³-hybridized carbons (Fsp3) is 0.593. The molecule has 2 atom stereocenters. The summed E-state index contributed by atoms with van der Waals surface area (Å²) in [6, 6.07) is 5.12. The van der Waals surface area contributed by atoms with Crippen molar-refractivity contribution in [3.8, 4) is 0 Å². The minimum atomic E-state index is -3.93. The van der Waals surface area contributed by atoms with E-state index in [2.05, 4.69) is 15.0 Å². The molecule has 1 aliphatic heterocycles. The number of likely N-dealkylation sites (tertiary alicyclic amines) is 1. The van der Waals surface area contributed by atoms with E-state index in [0.717, 1.165) is 32.1 Å². The number of ether oxygens (including phenoxy) is 1. The average Bonchev–Trinajstić information content (AvgIpc) is 3.42. The van der Waals surface area contributed by atoms with Gasteiger partial charge in [-0.05, 0) is 77.1 Å². The number of carbonyl (C=O) groups excluding carboxylic acids is 2. The van der Waals surface area contributed by atoms with E-state index in [1.165, 1.54) is 30.7 Å². The second-order valence-electron chi connectivity index (χ2n) is 11.2. The molecule has 1 aromatic carbocycles. The van der Waals surface area contributed by atoms with Crippen molar-refractivity contribution in [2.45, 2.75) is 89.7 Å². The Bertz CT molecular complexity index is 1240. The summed E-state index contributed by atoms with van der Waals surface area (Å²) in [7, 11) is -3.93. The molecular formula is C27H38N4O6S. The number of nitrogens with one attached hydrogen (secondary N) is 2. The number of aromatic nitrogens is 1. The summed E-state index contributed by atoms with van der Waals surface area (Å²) in [5, 5.41) is 2.91. The third kappa shape index (κ3) is 6.48. The number of anilines is 2. The van der Waals surface area contributed by atoms with Gasteiger partial charge < -0.3 is 14.5 Å². The largest absolute Gasteiger partial charge is 0.444 e. The second-order valence-corrected chi connectivity index (χ2v) is 12.9. The van der Waals surface area contributed by atoms with Crippen LogP contribution in [0.2, 0.25) is 0 Å². The maximum Gasteiger partial charge on any atom is 0.410 e. The van der Waals surface area contributed by atoms with Crippen molar-refractivity contribution < 1.29 is 27.2 Å². The topological polar surface area (TPSA) is 131 Å². The van der Waals surface area contributed by atoms with Crippen molar-refractivity contribution in [2.75, 3.05) is 16.6 Å². The zero-order valence-corrected chi connectivity index (χ0v) is 23.6. The molecular weight excluding hydrogens is 508 g/mol. The van der Waals surface area contributed by atoms with Crippen LogP contribution in [0.4, 0.5) is 16.5 Å². The number of sulfonamides is 1. The van der Waals surface area contributed by atoms with Gasteiger partial charge in [-0.1, -0.05) is 32.1 Å². The molecule has 2 aliphatic rings. The number of amides is 2. The number of hydrogen-bond donors (Lipinski definition) is 2. The van der Waals surface area contributed by atoms with E-state index in [0.29, 0.717) is 29.6 Å². The van der Waals surface area contributed by atoms with E-state index >= 15 is 0 Å². The molecule has 2 N–H and O–H groups in total. The van der Waals surface area contributed by atoms with Crippen LogP contribution in [0.15, 0.2) is 33.6 Å². The highest BCUT2D eigenvalue weighted by Crippen LogP contribution is 2.40. The summed E-state index contributed by atoms with van der Waals surface area (Å²) in [4.78, 5) is 32.2. The maximum atomic E-state index is 13.6. The van der Waals surface area contributed by atoms with Gasteiger partial charge in [-0.25, -0.2) is 17.9 Å². The first-order valence-electron chi connectivity index (χ1n) is 13.2. The average molecular weight is 547 g/mol. The Morgan fingerprint density at radius 1 is 1.05 bits per heavy atom. The Morgan fingerprint density at radius 3 is 2.29 bits per heavy atom. The van der Waals surface area contributed by atoms with E-state index in [9.17, 15) is 18.0 Å². The summed E-state index contributed by atoms with van der Waals surface area (Å²) >= 11 is 0. The lowest BCUT2D eigenvalue weighted by Crippen LogP contribution is -2.49. The highest BCUT2D eigenvalue weighted by atomic mass is 32.2. The number of aryl methyl sites for hydroxylation is 2. The first kappa shape index (κ1) is 27.9. The van der Waals surface area contributed by atoms with Crippen LogP contribution in [-0.4, -0.2) is 48.5 Å². The number of benzene rings is 1. The Hall–Kier alpha value is -3.08. The fourth-order valence-corrected chi connectivity index (χ4v) is 6.29. The van der Waals surface area contributed by atoms with Crippen LogP contribution in [0.3, 0.4) is 0 Å². The molecule has 2 aromatic rings. The van der Waals surface area contributed by atoms with Gasteiger partial charge in [-0.15, -0.1) is 0 Å². The molecule has 0 spiro atoms. The number of oxazole rings is 1. The van der Waals surface area contributed by atoms with E-state index in [1.54, 1.807) is 18.7 Å². The third-order valence-electron chi connectivity index (χ3n) is 7.28. The highest BCUT2D eigenvalue weighted by molar-refractivity contribution is 7.92. The first-order valence-corrected chi connectivity index (χ1v) is 14.7. The molecule has 11 heteroatoms. The van der Waals surface area contributed by atoms with Gasteiger partial charge in [0.1, 0.15) is 17.4 Å².